The van der Waals surface area contributed by atoms with Gasteiger partial charge in [-0.15, -0.1) is 0 Å². The summed E-state index contributed by atoms with van der Waals surface area (Å²) in [6.07, 6.45) is 13.4. The Morgan fingerprint density at radius 1 is 0.970 bits per heavy atom. The van der Waals surface area contributed by atoms with E-state index < -0.39 is 17.6 Å². The van der Waals surface area contributed by atoms with E-state index in [-0.39, 0.29) is 6.04 Å². The number of aliphatic carboxylic acids is 2. The van der Waals surface area contributed by atoms with Gasteiger partial charge in [-0.1, -0.05) is 23.3 Å². The van der Waals surface area contributed by atoms with Crippen LogP contribution in [-0.2, 0) is 9.59 Å². The molecule has 0 spiro atoms. The number of hydrogen-bond donors (Lipinski definition) is 4. The Morgan fingerprint density at radius 3 is 2.09 bits per heavy atom. The molecule has 186 valence electrons. The zero-order valence-electron chi connectivity index (χ0n) is 20.3. The van der Waals surface area contributed by atoms with Crippen molar-refractivity contribution >= 4 is 11.9 Å². The van der Waals surface area contributed by atoms with Crippen LogP contribution >= 0.6 is 0 Å². The zero-order valence-corrected chi connectivity index (χ0v) is 20.3. The highest BCUT2D eigenvalue weighted by Crippen LogP contribution is 2.57. The second-order valence-corrected chi connectivity index (χ2v) is 10.2. The van der Waals surface area contributed by atoms with Gasteiger partial charge in [0.1, 0.15) is 5.67 Å². The lowest BCUT2D eigenvalue weighted by molar-refractivity contribution is -0.134. The molecule has 4 saturated carbocycles. The van der Waals surface area contributed by atoms with Crippen molar-refractivity contribution in [2.24, 2.45) is 17.8 Å². The summed E-state index contributed by atoms with van der Waals surface area (Å²) in [5, 5.41) is 22.7. The SMILES string of the molecule is CC(C)=CCC/C(C)=C/CNCCNC1C2C[C@@H]3C[C@H](C2)CC1(F)C3.O=C(O)/C=C\C(=O)O. The molecule has 3 unspecified atom stereocenters. The Bertz CT molecular complexity index is 727. The summed E-state index contributed by atoms with van der Waals surface area (Å²) >= 11 is 0. The van der Waals surface area contributed by atoms with E-state index in [0.29, 0.717) is 29.9 Å². The van der Waals surface area contributed by atoms with Crippen LogP contribution in [0.15, 0.2) is 35.5 Å². The van der Waals surface area contributed by atoms with Crippen LogP contribution in [0.4, 0.5) is 4.39 Å². The van der Waals surface area contributed by atoms with E-state index in [1.165, 1.54) is 30.4 Å². The zero-order chi connectivity index (χ0) is 24.4. The average Bonchev–Trinajstić information content (AvgIpc) is 2.70. The predicted octanol–water partition coefficient (Wildman–Crippen LogP) is 4.49. The topological polar surface area (TPSA) is 98.7 Å². The first-order valence-electron chi connectivity index (χ1n) is 12.1. The van der Waals surface area contributed by atoms with Gasteiger partial charge in [0.15, 0.2) is 0 Å². The van der Waals surface area contributed by atoms with Crippen LogP contribution in [0.25, 0.3) is 0 Å². The summed E-state index contributed by atoms with van der Waals surface area (Å²) in [5.74, 6) is -0.565. The van der Waals surface area contributed by atoms with Gasteiger partial charge in [0.2, 0.25) is 0 Å². The fourth-order valence-electron chi connectivity index (χ4n) is 5.79. The van der Waals surface area contributed by atoms with Crippen LogP contribution < -0.4 is 10.6 Å². The standard InChI is InChI=1S/C22H37FN2.C4H4O4/c1-16(2)5-4-6-17(3)7-8-24-9-10-25-21-20-12-18-11-19(13-20)15-22(21,23)14-18;5-3(6)1-2-4(7)8/h5,7,18-21,24-25H,4,6,8-15H2,1-3H3;1-2H,(H,5,6)(H,7,8)/b17-7+;2-1-/t18-,19+,20?,21?,22?;. The molecule has 0 radical (unpaired) electrons. The molecule has 33 heavy (non-hydrogen) atoms. The second-order valence-electron chi connectivity index (χ2n) is 10.2. The van der Waals surface area contributed by atoms with Gasteiger partial charge >= 0.3 is 11.9 Å². The molecule has 0 aliphatic heterocycles. The third-order valence-electron chi connectivity index (χ3n) is 6.94. The van der Waals surface area contributed by atoms with Crippen molar-refractivity contribution in [1.29, 1.82) is 0 Å². The lowest BCUT2D eigenvalue weighted by Crippen LogP contribution is -2.63. The number of alkyl halides is 1. The van der Waals surface area contributed by atoms with Crippen molar-refractivity contribution in [3.63, 3.8) is 0 Å². The molecule has 0 amide bonds. The highest BCUT2D eigenvalue weighted by molar-refractivity contribution is 5.89. The van der Waals surface area contributed by atoms with Crippen molar-refractivity contribution in [2.75, 3.05) is 19.6 Å². The van der Waals surface area contributed by atoms with Crippen LogP contribution in [0.5, 0.6) is 0 Å². The van der Waals surface area contributed by atoms with Crippen LogP contribution in [0, 0.1) is 17.8 Å². The number of carbonyl (C=O) groups is 2. The average molecular weight is 465 g/mol. The van der Waals surface area contributed by atoms with Crippen molar-refractivity contribution in [1.82, 2.24) is 10.6 Å². The van der Waals surface area contributed by atoms with Gasteiger partial charge in [-0.2, -0.15) is 0 Å². The molecule has 4 N–H and O–H groups in total. The normalized spacial score (nSPS) is 30.1. The molecule has 0 heterocycles. The van der Waals surface area contributed by atoms with Gasteiger partial charge in [-0.25, -0.2) is 14.0 Å². The molecule has 7 heteroatoms. The van der Waals surface area contributed by atoms with Crippen LogP contribution in [0.3, 0.4) is 0 Å². The van der Waals surface area contributed by atoms with Gasteiger partial charge < -0.3 is 20.8 Å². The Morgan fingerprint density at radius 2 is 1.58 bits per heavy atom. The Labute approximate surface area is 197 Å². The number of allylic oxidation sites excluding steroid dienone is 3. The summed E-state index contributed by atoms with van der Waals surface area (Å²) in [4.78, 5) is 19.1. The van der Waals surface area contributed by atoms with Crippen LogP contribution in [0.2, 0.25) is 0 Å². The second kappa shape index (κ2) is 13.0. The monoisotopic (exact) mass is 464 g/mol. The fourth-order valence-corrected chi connectivity index (χ4v) is 5.79. The maximum Gasteiger partial charge on any atom is 0.328 e. The number of carboxylic acid groups (broad SMARTS) is 2. The molecular weight excluding hydrogens is 423 g/mol. The van der Waals surface area contributed by atoms with E-state index in [9.17, 15) is 9.59 Å². The highest BCUT2D eigenvalue weighted by Gasteiger charge is 2.57. The molecule has 6 nitrogen and oxygen atoms in total. The quantitative estimate of drug-likeness (QED) is 0.204. The number of carboxylic acids is 2. The summed E-state index contributed by atoms with van der Waals surface area (Å²) in [7, 11) is 0. The molecule has 5 atom stereocenters. The molecule has 4 aliphatic rings. The minimum absolute atomic E-state index is 0.114. The Hall–Kier alpha value is -1.99. The van der Waals surface area contributed by atoms with Crippen molar-refractivity contribution < 1.29 is 24.2 Å². The number of nitrogens with one attached hydrogen (secondary N) is 2. The minimum atomic E-state index is -1.26. The maximum atomic E-state index is 15.3. The predicted molar refractivity (Wildman–Crippen MR) is 129 cm³/mol. The summed E-state index contributed by atoms with van der Waals surface area (Å²) in [6.45, 7) is 9.23. The van der Waals surface area contributed by atoms with E-state index in [0.717, 1.165) is 45.3 Å². The molecule has 4 aliphatic carbocycles. The number of hydrogen-bond acceptors (Lipinski definition) is 4. The summed E-state index contributed by atoms with van der Waals surface area (Å²) < 4.78 is 15.3. The first kappa shape index (κ1) is 27.3. The van der Waals surface area contributed by atoms with Crippen LogP contribution in [0.1, 0.15) is 65.7 Å². The van der Waals surface area contributed by atoms with E-state index in [2.05, 4.69) is 43.6 Å². The Balaban J connectivity index is 0.000000414. The van der Waals surface area contributed by atoms with Crippen molar-refractivity contribution in [2.45, 2.75) is 77.4 Å². The maximum absolute atomic E-state index is 15.3. The van der Waals surface area contributed by atoms with Crippen LogP contribution in [-0.4, -0.2) is 53.5 Å². The van der Waals surface area contributed by atoms with E-state index in [4.69, 9.17) is 10.2 Å². The molecule has 0 aromatic rings. The molecule has 4 rings (SSSR count). The van der Waals surface area contributed by atoms with E-state index in [1.807, 2.05) is 0 Å². The smallest absolute Gasteiger partial charge is 0.328 e. The van der Waals surface area contributed by atoms with Gasteiger partial charge in [0, 0.05) is 37.8 Å². The highest BCUT2D eigenvalue weighted by atomic mass is 19.1. The van der Waals surface area contributed by atoms with Crippen molar-refractivity contribution in [3.05, 3.63) is 35.5 Å². The van der Waals surface area contributed by atoms with E-state index >= 15 is 4.39 Å². The largest absolute Gasteiger partial charge is 0.478 e. The van der Waals surface area contributed by atoms with Gasteiger partial charge in [-0.05, 0) is 83.5 Å². The number of halogens is 1. The molecule has 4 bridgehead atoms. The lowest BCUT2D eigenvalue weighted by atomic mass is 9.53. The summed E-state index contributed by atoms with van der Waals surface area (Å²) in [5.41, 5.74) is 1.94. The Kier molecular flexibility index (Phi) is 10.8. The number of rotatable bonds is 11. The lowest BCUT2D eigenvalue weighted by Gasteiger charge is -2.57. The third-order valence-corrected chi connectivity index (χ3v) is 6.94. The summed E-state index contributed by atoms with van der Waals surface area (Å²) in [6, 6.07) is 0.114. The first-order chi connectivity index (χ1) is 15.6. The molecular formula is C26H41FN2O4. The molecule has 4 fully saturated rings. The van der Waals surface area contributed by atoms with E-state index in [1.54, 1.807) is 0 Å². The fraction of sp³-hybridized carbons (Fsp3) is 0.692. The van der Waals surface area contributed by atoms with Gasteiger partial charge in [0.25, 0.3) is 0 Å². The first-order valence-corrected chi connectivity index (χ1v) is 12.1. The molecule has 0 aromatic carbocycles. The van der Waals surface area contributed by atoms with Crippen molar-refractivity contribution in [3.8, 4) is 0 Å². The third kappa shape index (κ3) is 9.41. The molecule has 0 aromatic heterocycles. The van der Waals surface area contributed by atoms with Gasteiger partial charge in [0.05, 0.1) is 0 Å². The minimum Gasteiger partial charge on any atom is -0.478 e. The van der Waals surface area contributed by atoms with Gasteiger partial charge in [-0.3, -0.25) is 0 Å². The molecule has 0 saturated heterocycles.